The Hall–Kier alpha value is -0.980. The third-order valence-corrected chi connectivity index (χ3v) is 3.89. The number of benzene rings is 2. The topological polar surface area (TPSA) is 0 Å². The molecule has 0 saturated heterocycles. The van der Waals surface area contributed by atoms with Crippen molar-refractivity contribution in [1.29, 1.82) is 0 Å². The number of rotatable bonds is 2. The normalized spacial score (nSPS) is 22.5. The highest BCUT2D eigenvalue weighted by molar-refractivity contribution is 6.30. The van der Waals surface area contributed by atoms with Crippen LogP contribution in [0.1, 0.15) is 29.4 Å². The largest absolute Gasteiger partial charge is 0.0843 e. The molecule has 2 aromatic rings. The lowest BCUT2D eigenvalue weighted by Gasteiger charge is -2.02. The first kappa shape index (κ1) is 11.1. The summed E-state index contributed by atoms with van der Waals surface area (Å²) in [5.74, 6) is 1.29. The summed E-state index contributed by atoms with van der Waals surface area (Å²) in [7, 11) is 0. The van der Waals surface area contributed by atoms with Crippen LogP contribution in [0.2, 0.25) is 10.0 Å². The first-order valence-corrected chi connectivity index (χ1v) is 6.50. The molecule has 0 N–H and O–H groups in total. The Morgan fingerprint density at radius 3 is 1.35 bits per heavy atom. The van der Waals surface area contributed by atoms with Gasteiger partial charge in [0.15, 0.2) is 0 Å². The fourth-order valence-electron chi connectivity index (χ4n) is 2.35. The van der Waals surface area contributed by atoms with E-state index in [0.29, 0.717) is 11.8 Å². The van der Waals surface area contributed by atoms with E-state index in [2.05, 4.69) is 24.3 Å². The van der Waals surface area contributed by atoms with Gasteiger partial charge >= 0.3 is 0 Å². The molecule has 1 saturated carbocycles. The molecule has 1 aliphatic carbocycles. The van der Waals surface area contributed by atoms with Gasteiger partial charge in [0.25, 0.3) is 0 Å². The van der Waals surface area contributed by atoms with Gasteiger partial charge in [-0.3, -0.25) is 0 Å². The minimum Gasteiger partial charge on any atom is -0.0843 e. The van der Waals surface area contributed by atoms with E-state index in [4.69, 9.17) is 23.2 Å². The molecule has 0 radical (unpaired) electrons. The van der Waals surface area contributed by atoms with E-state index in [1.165, 1.54) is 17.5 Å². The quantitative estimate of drug-likeness (QED) is 0.692. The Bertz CT molecular complexity index is 464. The first-order valence-electron chi connectivity index (χ1n) is 5.75. The highest BCUT2D eigenvalue weighted by Crippen LogP contribution is 2.54. The Balaban J connectivity index is 1.78. The maximum atomic E-state index is 5.89. The molecule has 0 nitrogen and oxygen atoms in total. The van der Waals surface area contributed by atoms with Crippen LogP contribution in [-0.4, -0.2) is 0 Å². The minimum atomic E-state index is 0.647. The first-order chi connectivity index (χ1) is 8.24. The summed E-state index contributed by atoms with van der Waals surface area (Å²) in [6, 6.07) is 16.4. The Morgan fingerprint density at radius 2 is 1.00 bits per heavy atom. The highest BCUT2D eigenvalue weighted by Gasteiger charge is 2.39. The maximum Gasteiger partial charge on any atom is 0.0406 e. The van der Waals surface area contributed by atoms with Gasteiger partial charge in [-0.05, 0) is 53.6 Å². The second-order valence-corrected chi connectivity index (χ2v) is 5.42. The molecule has 17 heavy (non-hydrogen) atoms. The van der Waals surface area contributed by atoms with Crippen molar-refractivity contribution in [2.75, 3.05) is 0 Å². The molecule has 1 fully saturated rings. The Morgan fingerprint density at radius 1 is 0.647 bits per heavy atom. The summed E-state index contributed by atoms with van der Waals surface area (Å²) < 4.78 is 0. The molecule has 0 amide bonds. The zero-order chi connectivity index (χ0) is 11.8. The second-order valence-electron chi connectivity index (χ2n) is 4.55. The molecule has 2 atom stereocenters. The lowest BCUT2D eigenvalue weighted by Crippen LogP contribution is -1.84. The molecule has 2 aromatic carbocycles. The summed E-state index contributed by atoms with van der Waals surface area (Å²) in [4.78, 5) is 0. The number of hydrogen-bond acceptors (Lipinski definition) is 0. The van der Waals surface area contributed by atoms with E-state index in [1.807, 2.05) is 24.3 Å². The van der Waals surface area contributed by atoms with E-state index < -0.39 is 0 Å². The van der Waals surface area contributed by atoms with Crippen molar-refractivity contribution in [3.05, 3.63) is 69.7 Å². The van der Waals surface area contributed by atoms with Crippen LogP contribution in [0.15, 0.2) is 48.5 Å². The van der Waals surface area contributed by atoms with Crippen LogP contribution in [-0.2, 0) is 0 Å². The zero-order valence-electron chi connectivity index (χ0n) is 9.24. The van der Waals surface area contributed by atoms with Gasteiger partial charge in [0.2, 0.25) is 0 Å². The standard InChI is InChI=1S/C15H12Cl2/c16-12-5-1-10(2-6-12)14-9-15(14)11-3-7-13(17)8-4-11/h1-8,14-15H,9H2/t14-,15-/m1/s1. The summed E-state index contributed by atoms with van der Waals surface area (Å²) in [6.45, 7) is 0. The minimum absolute atomic E-state index is 0.647. The molecule has 0 heterocycles. The van der Waals surface area contributed by atoms with E-state index >= 15 is 0 Å². The monoisotopic (exact) mass is 262 g/mol. The molecule has 3 rings (SSSR count). The van der Waals surface area contributed by atoms with Gasteiger partial charge in [-0.1, -0.05) is 47.5 Å². The summed E-state index contributed by atoms with van der Waals surface area (Å²) in [5.41, 5.74) is 2.77. The van der Waals surface area contributed by atoms with Crippen molar-refractivity contribution in [3.63, 3.8) is 0 Å². The predicted octanol–water partition coefficient (Wildman–Crippen LogP) is 5.26. The second kappa shape index (κ2) is 4.36. The van der Waals surface area contributed by atoms with Gasteiger partial charge in [0.05, 0.1) is 0 Å². The molecule has 0 aliphatic heterocycles. The van der Waals surface area contributed by atoms with Gasteiger partial charge in [0.1, 0.15) is 0 Å². The molecule has 86 valence electrons. The molecule has 0 aromatic heterocycles. The van der Waals surface area contributed by atoms with Crippen LogP contribution in [0, 0.1) is 0 Å². The van der Waals surface area contributed by atoms with Crippen LogP contribution in [0.3, 0.4) is 0 Å². The van der Waals surface area contributed by atoms with Crippen LogP contribution in [0.4, 0.5) is 0 Å². The van der Waals surface area contributed by atoms with Crippen molar-refractivity contribution >= 4 is 23.2 Å². The van der Waals surface area contributed by atoms with E-state index in [9.17, 15) is 0 Å². The summed E-state index contributed by atoms with van der Waals surface area (Å²) >= 11 is 11.8. The predicted molar refractivity (Wildman–Crippen MR) is 73.0 cm³/mol. The number of halogens is 2. The molecule has 0 unspecified atom stereocenters. The molecule has 0 bridgehead atoms. The smallest absolute Gasteiger partial charge is 0.0406 e. The summed E-state index contributed by atoms with van der Waals surface area (Å²) in [6.07, 6.45) is 1.23. The van der Waals surface area contributed by atoms with Gasteiger partial charge in [-0.15, -0.1) is 0 Å². The SMILES string of the molecule is Clc1ccc([C@H]2C[C@@H]2c2ccc(Cl)cc2)cc1. The molecule has 1 aliphatic rings. The van der Waals surface area contributed by atoms with Gasteiger partial charge in [-0.25, -0.2) is 0 Å². The van der Waals surface area contributed by atoms with Crippen molar-refractivity contribution in [3.8, 4) is 0 Å². The van der Waals surface area contributed by atoms with Crippen molar-refractivity contribution in [2.24, 2.45) is 0 Å². The number of hydrogen-bond donors (Lipinski definition) is 0. The lowest BCUT2D eigenvalue weighted by atomic mass is 10.0. The van der Waals surface area contributed by atoms with Crippen molar-refractivity contribution < 1.29 is 0 Å². The maximum absolute atomic E-state index is 5.89. The highest BCUT2D eigenvalue weighted by atomic mass is 35.5. The van der Waals surface area contributed by atoms with Crippen molar-refractivity contribution in [1.82, 2.24) is 0 Å². The van der Waals surface area contributed by atoms with E-state index in [-0.39, 0.29) is 0 Å². The summed E-state index contributed by atoms with van der Waals surface area (Å²) in [5, 5.41) is 1.61. The Kier molecular flexibility index (Phi) is 2.85. The Labute approximate surface area is 111 Å². The van der Waals surface area contributed by atoms with Crippen LogP contribution >= 0.6 is 23.2 Å². The third-order valence-electron chi connectivity index (χ3n) is 3.39. The fraction of sp³-hybridized carbons (Fsp3) is 0.200. The van der Waals surface area contributed by atoms with Crippen LogP contribution in [0.5, 0.6) is 0 Å². The average Bonchev–Trinajstić information content (AvgIpc) is 3.11. The third kappa shape index (κ3) is 2.34. The molecular formula is C15H12Cl2. The zero-order valence-corrected chi connectivity index (χ0v) is 10.7. The van der Waals surface area contributed by atoms with Gasteiger partial charge < -0.3 is 0 Å². The van der Waals surface area contributed by atoms with Gasteiger partial charge in [-0.2, -0.15) is 0 Å². The fourth-order valence-corrected chi connectivity index (χ4v) is 2.60. The van der Waals surface area contributed by atoms with Crippen LogP contribution < -0.4 is 0 Å². The lowest BCUT2D eigenvalue weighted by molar-refractivity contribution is 1.03. The van der Waals surface area contributed by atoms with Gasteiger partial charge in [0, 0.05) is 10.0 Å². The average molecular weight is 263 g/mol. The van der Waals surface area contributed by atoms with Crippen LogP contribution in [0.25, 0.3) is 0 Å². The molecule has 0 spiro atoms. The van der Waals surface area contributed by atoms with E-state index in [0.717, 1.165) is 10.0 Å². The van der Waals surface area contributed by atoms with E-state index in [1.54, 1.807) is 0 Å². The molecule has 2 heteroatoms. The van der Waals surface area contributed by atoms with Crippen molar-refractivity contribution in [2.45, 2.75) is 18.3 Å². The molecular weight excluding hydrogens is 251 g/mol.